The second-order valence-corrected chi connectivity index (χ2v) is 6.56. The Morgan fingerprint density at radius 3 is 2.46 bits per heavy atom. The lowest BCUT2D eigenvalue weighted by molar-refractivity contribution is 0.270. The molecule has 1 aliphatic rings. The Morgan fingerprint density at radius 2 is 1.75 bits per heavy atom. The van der Waals surface area contributed by atoms with E-state index in [4.69, 9.17) is 4.98 Å². The first-order valence-electron chi connectivity index (χ1n) is 8.72. The molecule has 0 bridgehead atoms. The van der Waals surface area contributed by atoms with Crippen molar-refractivity contribution in [3.63, 3.8) is 0 Å². The van der Waals surface area contributed by atoms with Crippen molar-refractivity contribution in [3.05, 3.63) is 41.1 Å². The monoisotopic (exact) mass is 325 g/mol. The van der Waals surface area contributed by atoms with E-state index < -0.39 is 0 Å². The maximum atomic E-state index is 4.76. The van der Waals surface area contributed by atoms with Gasteiger partial charge in [-0.25, -0.2) is 4.98 Å². The molecule has 5 nitrogen and oxygen atoms in total. The van der Waals surface area contributed by atoms with E-state index in [1.54, 1.807) is 0 Å². The Bertz CT molecular complexity index is 705. The molecule has 1 aromatic heterocycles. The molecule has 0 atom stereocenters. The normalized spacial score (nSPS) is 15.6. The van der Waals surface area contributed by atoms with Crippen LogP contribution in [0.25, 0.3) is 0 Å². The topological polar surface area (TPSA) is 44.3 Å². The third-order valence-corrected chi connectivity index (χ3v) is 4.60. The highest BCUT2D eigenvalue weighted by Gasteiger charge is 2.18. The molecule has 24 heavy (non-hydrogen) atoms. The van der Waals surface area contributed by atoms with Gasteiger partial charge in [0, 0.05) is 43.6 Å². The molecule has 0 aliphatic carbocycles. The van der Waals surface area contributed by atoms with E-state index in [1.807, 2.05) is 13.0 Å². The average Bonchev–Trinajstić information content (AvgIpc) is 2.58. The minimum atomic E-state index is 0.832. The molecule has 1 aliphatic heterocycles. The van der Waals surface area contributed by atoms with Crippen LogP contribution in [0.15, 0.2) is 24.3 Å². The predicted octanol–water partition coefficient (Wildman–Crippen LogP) is 3.29. The Labute approximate surface area is 144 Å². The number of anilines is 3. The summed E-state index contributed by atoms with van der Waals surface area (Å²) in [4.78, 5) is 14.2. The first-order chi connectivity index (χ1) is 11.5. The SMILES string of the molecule is CCN1CCN(c2nc(C)cc(Nc3cc(C)ccc3C)n2)CC1. The molecule has 0 saturated carbocycles. The standard InChI is InChI=1S/C19H27N5/c1-5-23-8-10-24(11-9-23)19-20-16(4)13-18(22-19)21-17-12-14(2)6-7-15(17)3/h6-7,12-13H,5,8-11H2,1-4H3,(H,20,21,22). The number of benzene rings is 1. The lowest BCUT2D eigenvalue weighted by atomic mass is 10.1. The highest BCUT2D eigenvalue weighted by molar-refractivity contribution is 5.62. The van der Waals surface area contributed by atoms with E-state index in [1.165, 1.54) is 11.1 Å². The van der Waals surface area contributed by atoms with Crippen LogP contribution in [0.1, 0.15) is 23.7 Å². The van der Waals surface area contributed by atoms with Gasteiger partial charge >= 0.3 is 0 Å². The molecule has 1 fully saturated rings. The van der Waals surface area contributed by atoms with E-state index in [2.05, 4.69) is 59.1 Å². The zero-order valence-electron chi connectivity index (χ0n) is 15.1. The van der Waals surface area contributed by atoms with Gasteiger partial charge in [-0.3, -0.25) is 0 Å². The molecule has 1 saturated heterocycles. The summed E-state index contributed by atoms with van der Waals surface area (Å²) in [6.07, 6.45) is 0. The fraction of sp³-hybridized carbons (Fsp3) is 0.474. The summed E-state index contributed by atoms with van der Waals surface area (Å²) in [7, 11) is 0. The predicted molar refractivity (Wildman–Crippen MR) is 100 cm³/mol. The van der Waals surface area contributed by atoms with Crippen molar-refractivity contribution >= 4 is 17.5 Å². The number of rotatable bonds is 4. The third-order valence-electron chi connectivity index (χ3n) is 4.60. The largest absolute Gasteiger partial charge is 0.340 e. The minimum Gasteiger partial charge on any atom is -0.340 e. The highest BCUT2D eigenvalue weighted by Crippen LogP contribution is 2.23. The lowest BCUT2D eigenvalue weighted by Crippen LogP contribution is -2.46. The van der Waals surface area contributed by atoms with Gasteiger partial charge in [0.2, 0.25) is 5.95 Å². The quantitative estimate of drug-likeness (QED) is 0.934. The molecule has 0 amide bonds. The molecular formula is C19H27N5. The number of nitrogens with zero attached hydrogens (tertiary/aromatic N) is 4. The van der Waals surface area contributed by atoms with Crippen LogP contribution in [0.4, 0.5) is 17.5 Å². The zero-order valence-corrected chi connectivity index (χ0v) is 15.1. The first kappa shape index (κ1) is 16.7. The van der Waals surface area contributed by atoms with Crippen LogP contribution in [0.2, 0.25) is 0 Å². The van der Waals surface area contributed by atoms with Gasteiger partial charge in [-0.05, 0) is 44.5 Å². The van der Waals surface area contributed by atoms with Gasteiger partial charge in [0.05, 0.1) is 0 Å². The third kappa shape index (κ3) is 3.85. The number of aryl methyl sites for hydroxylation is 3. The van der Waals surface area contributed by atoms with Crippen molar-refractivity contribution in [2.24, 2.45) is 0 Å². The summed E-state index contributed by atoms with van der Waals surface area (Å²) in [5.74, 6) is 1.70. The van der Waals surface area contributed by atoms with Crippen LogP contribution >= 0.6 is 0 Å². The Balaban J connectivity index is 1.80. The van der Waals surface area contributed by atoms with E-state index in [0.717, 1.165) is 55.9 Å². The van der Waals surface area contributed by atoms with Crippen LogP contribution in [0.3, 0.4) is 0 Å². The number of nitrogens with one attached hydrogen (secondary N) is 1. The van der Waals surface area contributed by atoms with Crippen molar-refractivity contribution in [2.75, 3.05) is 42.9 Å². The Morgan fingerprint density at radius 1 is 1.00 bits per heavy atom. The van der Waals surface area contributed by atoms with E-state index in [-0.39, 0.29) is 0 Å². The van der Waals surface area contributed by atoms with Crippen molar-refractivity contribution in [2.45, 2.75) is 27.7 Å². The number of hydrogen-bond acceptors (Lipinski definition) is 5. The highest BCUT2D eigenvalue weighted by atomic mass is 15.3. The molecule has 2 heterocycles. The summed E-state index contributed by atoms with van der Waals surface area (Å²) >= 11 is 0. The zero-order chi connectivity index (χ0) is 17.1. The van der Waals surface area contributed by atoms with Gasteiger partial charge in [-0.15, -0.1) is 0 Å². The van der Waals surface area contributed by atoms with Crippen LogP contribution in [-0.4, -0.2) is 47.6 Å². The van der Waals surface area contributed by atoms with Crippen molar-refractivity contribution < 1.29 is 0 Å². The number of likely N-dealkylation sites (N-methyl/N-ethyl adjacent to an activating group) is 1. The van der Waals surface area contributed by atoms with Gasteiger partial charge in [-0.1, -0.05) is 19.1 Å². The second kappa shape index (κ2) is 7.18. The van der Waals surface area contributed by atoms with Crippen LogP contribution in [0, 0.1) is 20.8 Å². The maximum absolute atomic E-state index is 4.76. The minimum absolute atomic E-state index is 0.832. The fourth-order valence-corrected chi connectivity index (χ4v) is 3.03. The summed E-state index contributed by atoms with van der Waals surface area (Å²) < 4.78 is 0. The van der Waals surface area contributed by atoms with E-state index in [9.17, 15) is 0 Å². The van der Waals surface area contributed by atoms with Crippen LogP contribution < -0.4 is 10.2 Å². The molecule has 5 heteroatoms. The van der Waals surface area contributed by atoms with Gasteiger partial charge in [-0.2, -0.15) is 4.98 Å². The molecule has 128 valence electrons. The smallest absolute Gasteiger partial charge is 0.227 e. The van der Waals surface area contributed by atoms with Crippen molar-refractivity contribution in [1.82, 2.24) is 14.9 Å². The van der Waals surface area contributed by atoms with E-state index in [0.29, 0.717) is 0 Å². The lowest BCUT2D eigenvalue weighted by Gasteiger charge is -2.34. The summed E-state index contributed by atoms with van der Waals surface area (Å²) in [5.41, 5.74) is 4.56. The van der Waals surface area contributed by atoms with Gasteiger partial charge in [0.25, 0.3) is 0 Å². The molecule has 1 N–H and O–H groups in total. The van der Waals surface area contributed by atoms with E-state index >= 15 is 0 Å². The fourth-order valence-electron chi connectivity index (χ4n) is 3.03. The summed E-state index contributed by atoms with van der Waals surface area (Å²) in [6, 6.07) is 8.43. The number of hydrogen-bond donors (Lipinski definition) is 1. The first-order valence-corrected chi connectivity index (χ1v) is 8.72. The van der Waals surface area contributed by atoms with Gasteiger partial charge in [0.1, 0.15) is 5.82 Å². The molecule has 0 unspecified atom stereocenters. The molecule has 2 aromatic rings. The maximum Gasteiger partial charge on any atom is 0.227 e. The molecule has 1 aromatic carbocycles. The molecule has 0 spiro atoms. The number of aromatic nitrogens is 2. The van der Waals surface area contributed by atoms with Crippen LogP contribution in [-0.2, 0) is 0 Å². The molecule has 0 radical (unpaired) electrons. The molecular weight excluding hydrogens is 298 g/mol. The Kier molecular flexibility index (Phi) is 5.00. The average molecular weight is 325 g/mol. The van der Waals surface area contributed by atoms with Crippen LogP contribution in [0.5, 0.6) is 0 Å². The second-order valence-electron chi connectivity index (χ2n) is 6.56. The summed E-state index contributed by atoms with van der Waals surface area (Å²) in [5, 5.41) is 3.47. The summed E-state index contributed by atoms with van der Waals surface area (Å²) in [6.45, 7) is 13.7. The van der Waals surface area contributed by atoms with Gasteiger partial charge in [0.15, 0.2) is 0 Å². The number of piperazine rings is 1. The Hall–Kier alpha value is -2.14. The van der Waals surface area contributed by atoms with Gasteiger partial charge < -0.3 is 15.1 Å². The van der Waals surface area contributed by atoms with Crippen molar-refractivity contribution in [1.29, 1.82) is 0 Å². The molecule has 3 rings (SSSR count). The van der Waals surface area contributed by atoms with Crippen molar-refractivity contribution in [3.8, 4) is 0 Å².